The van der Waals surface area contributed by atoms with Crippen LogP contribution >= 0.6 is 0 Å². The SMILES string of the molecule is C=C/C(=C\c1[nH]c(=O)n(-c2cc(C(F)(F)F)ccc2O)c1C)C(F)(F)F. The number of halogens is 6. The molecule has 0 bridgehead atoms. The summed E-state index contributed by atoms with van der Waals surface area (Å²) in [5.41, 5.74) is -4.19. The van der Waals surface area contributed by atoms with Crippen molar-refractivity contribution in [1.29, 1.82) is 0 Å². The third-order valence-corrected chi connectivity index (χ3v) is 3.56. The van der Waals surface area contributed by atoms with Gasteiger partial charge in [-0.1, -0.05) is 12.7 Å². The van der Waals surface area contributed by atoms with Gasteiger partial charge < -0.3 is 10.1 Å². The van der Waals surface area contributed by atoms with Crippen LogP contribution in [-0.2, 0) is 6.18 Å². The van der Waals surface area contributed by atoms with Crippen molar-refractivity contribution < 1.29 is 31.4 Å². The van der Waals surface area contributed by atoms with E-state index in [0.29, 0.717) is 28.9 Å². The van der Waals surface area contributed by atoms with Crippen molar-refractivity contribution in [2.45, 2.75) is 19.3 Å². The van der Waals surface area contributed by atoms with Crippen molar-refractivity contribution in [3.8, 4) is 11.4 Å². The van der Waals surface area contributed by atoms with E-state index in [-0.39, 0.29) is 11.4 Å². The fourth-order valence-electron chi connectivity index (χ4n) is 2.26. The Balaban J connectivity index is 2.69. The number of alkyl halides is 6. The van der Waals surface area contributed by atoms with Crippen molar-refractivity contribution in [2.75, 3.05) is 0 Å². The van der Waals surface area contributed by atoms with Crippen molar-refractivity contribution in [3.63, 3.8) is 0 Å². The quantitative estimate of drug-likeness (QED) is 0.617. The fraction of sp³-hybridized carbons (Fsp3) is 0.188. The van der Waals surface area contributed by atoms with Crippen molar-refractivity contribution in [3.05, 3.63) is 63.9 Å². The topological polar surface area (TPSA) is 58.0 Å². The van der Waals surface area contributed by atoms with Gasteiger partial charge in [0.15, 0.2) is 0 Å². The van der Waals surface area contributed by atoms with Crippen LogP contribution in [0.3, 0.4) is 0 Å². The lowest BCUT2D eigenvalue weighted by Crippen LogP contribution is -2.17. The van der Waals surface area contributed by atoms with E-state index in [4.69, 9.17) is 0 Å². The predicted molar refractivity (Wildman–Crippen MR) is 82.0 cm³/mol. The number of phenolic OH excluding ortho intramolecular Hbond substituents is 1. The molecule has 0 saturated heterocycles. The molecule has 10 heteroatoms. The van der Waals surface area contributed by atoms with Gasteiger partial charge in [-0.2, -0.15) is 26.3 Å². The summed E-state index contributed by atoms with van der Waals surface area (Å²) >= 11 is 0. The number of imidazole rings is 1. The molecule has 0 unspecified atom stereocenters. The minimum absolute atomic E-state index is 0.117. The Morgan fingerprint density at radius 3 is 2.35 bits per heavy atom. The summed E-state index contributed by atoms with van der Waals surface area (Å²) in [5.74, 6) is -0.641. The van der Waals surface area contributed by atoms with Crippen LogP contribution in [0.25, 0.3) is 11.8 Å². The second-order valence-corrected chi connectivity index (χ2v) is 5.27. The summed E-state index contributed by atoms with van der Waals surface area (Å²) < 4.78 is 77.6. The van der Waals surface area contributed by atoms with E-state index < -0.39 is 40.6 Å². The normalized spacial score (nSPS) is 13.1. The van der Waals surface area contributed by atoms with E-state index in [1.807, 2.05) is 0 Å². The highest BCUT2D eigenvalue weighted by Gasteiger charge is 2.33. The molecule has 0 aliphatic carbocycles. The molecule has 0 aliphatic heterocycles. The maximum Gasteiger partial charge on any atom is 0.416 e. The number of aromatic amines is 1. The van der Waals surface area contributed by atoms with E-state index in [1.54, 1.807) is 0 Å². The first-order valence-electron chi connectivity index (χ1n) is 6.99. The predicted octanol–water partition coefficient (Wildman–Crippen LogP) is 4.33. The maximum absolute atomic E-state index is 12.8. The number of H-pyrrole nitrogens is 1. The number of phenols is 1. The first kappa shape index (κ1) is 19.4. The van der Waals surface area contributed by atoms with Gasteiger partial charge in [0.05, 0.1) is 22.5 Å². The lowest BCUT2D eigenvalue weighted by molar-refractivity contribution is -0.137. The highest BCUT2D eigenvalue weighted by molar-refractivity contribution is 5.58. The lowest BCUT2D eigenvalue weighted by Gasteiger charge is -2.12. The van der Waals surface area contributed by atoms with Gasteiger partial charge in [-0.25, -0.2) is 4.79 Å². The second kappa shape index (κ2) is 6.43. The number of rotatable bonds is 3. The highest BCUT2D eigenvalue weighted by atomic mass is 19.4. The molecule has 2 N–H and O–H groups in total. The molecule has 0 fully saturated rings. The summed E-state index contributed by atoms with van der Waals surface area (Å²) in [4.78, 5) is 14.2. The van der Waals surface area contributed by atoms with Crippen LogP contribution in [-0.4, -0.2) is 20.8 Å². The van der Waals surface area contributed by atoms with Gasteiger partial charge in [0.2, 0.25) is 0 Å². The molecule has 4 nitrogen and oxygen atoms in total. The van der Waals surface area contributed by atoms with Gasteiger partial charge in [0.25, 0.3) is 0 Å². The molecule has 1 heterocycles. The number of allylic oxidation sites excluding steroid dienone is 2. The van der Waals surface area contributed by atoms with E-state index in [0.717, 1.165) is 6.07 Å². The number of hydrogen-bond donors (Lipinski definition) is 2. The van der Waals surface area contributed by atoms with Gasteiger partial charge in [-0.05, 0) is 31.2 Å². The molecule has 0 amide bonds. The molecule has 26 heavy (non-hydrogen) atoms. The van der Waals surface area contributed by atoms with Crippen molar-refractivity contribution in [1.82, 2.24) is 9.55 Å². The number of nitrogens with one attached hydrogen (secondary N) is 1. The van der Waals surface area contributed by atoms with Gasteiger partial charge in [0.1, 0.15) is 5.75 Å². The summed E-state index contributed by atoms with van der Waals surface area (Å²) in [6.07, 6.45) is -8.32. The second-order valence-electron chi connectivity index (χ2n) is 5.27. The minimum Gasteiger partial charge on any atom is -0.506 e. The number of benzene rings is 1. The fourth-order valence-corrected chi connectivity index (χ4v) is 2.26. The van der Waals surface area contributed by atoms with Gasteiger partial charge in [-0.3, -0.25) is 4.57 Å². The average Bonchev–Trinajstić information content (AvgIpc) is 2.77. The summed E-state index contributed by atoms with van der Waals surface area (Å²) in [6.45, 7) is 4.26. The first-order chi connectivity index (χ1) is 11.9. The summed E-state index contributed by atoms with van der Waals surface area (Å²) in [7, 11) is 0. The lowest BCUT2D eigenvalue weighted by atomic mass is 10.1. The van der Waals surface area contributed by atoms with Crippen LogP contribution in [0, 0.1) is 6.92 Å². The molecular weight excluding hydrogens is 366 g/mol. The maximum atomic E-state index is 12.8. The smallest absolute Gasteiger partial charge is 0.416 e. The average molecular weight is 378 g/mol. The van der Waals surface area contributed by atoms with Gasteiger partial charge >= 0.3 is 18.0 Å². The Kier molecular flexibility index (Phi) is 4.80. The first-order valence-corrected chi connectivity index (χ1v) is 6.99. The zero-order chi connectivity index (χ0) is 19.9. The standard InChI is InChI=1S/C16H12F6N2O2/c1-3-9(15(17,18)19)6-11-8(2)24(14(26)23-11)12-7-10(16(20,21)22)4-5-13(12)25/h3-7,25H,1H2,2H3,(H,23,26)/b9-6+. The molecule has 0 atom stereocenters. The third kappa shape index (κ3) is 3.68. The zero-order valence-corrected chi connectivity index (χ0v) is 13.2. The van der Waals surface area contributed by atoms with Crippen LogP contribution in [0.15, 0.2) is 41.2 Å². The van der Waals surface area contributed by atoms with Crippen LogP contribution in [0.5, 0.6) is 5.75 Å². The monoisotopic (exact) mass is 378 g/mol. The molecule has 2 aromatic rings. The zero-order valence-electron chi connectivity index (χ0n) is 13.2. The molecule has 1 aromatic carbocycles. The van der Waals surface area contributed by atoms with E-state index in [2.05, 4.69) is 11.6 Å². The Bertz CT molecular complexity index is 932. The van der Waals surface area contributed by atoms with Crippen LogP contribution in [0.1, 0.15) is 17.0 Å². The molecule has 0 saturated carbocycles. The molecule has 0 spiro atoms. The molecule has 0 aliphatic rings. The Hall–Kier alpha value is -2.91. The highest BCUT2D eigenvalue weighted by Crippen LogP contribution is 2.34. The summed E-state index contributed by atoms with van der Waals surface area (Å²) in [5, 5.41) is 9.82. The van der Waals surface area contributed by atoms with E-state index in [9.17, 15) is 36.2 Å². The molecule has 2 rings (SSSR count). The minimum atomic E-state index is -4.73. The number of aromatic nitrogens is 2. The largest absolute Gasteiger partial charge is 0.506 e. The van der Waals surface area contributed by atoms with Crippen LogP contribution < -0.4 is 5.69 Å². The Morgan fingerprint density at radius 1 is 1.23 bits per heavy atom. The Morgan fingerprint density at radius 2 is 1.85 bits per heavy atom. The van der Waals surface area contributed by atoms with E-state index >= 15 is 0 Å². The Labute approximate surface area is 142 Å². The van der Waals surface area contributed by atoms with Crippen molar-refractivity contribution in [2.24, 2.45) is 0 Å². The molecule has 0 radical (unpaired) electrons. The van der Waals surface area contributed by atoms with Gasteiger partial charge in [0, 0.05) is 5.69 Å². The molecule has 1 aromatic heterocycles. The molecule has 140 valence electrons. The summed E-state index contributed by atoms with van der Waals surface area (Å²) in [6, 6.07) is 1.90. The van der Waals surface area contributed by atoms with Crippen molar-refractivity contribution >= 4 is 6.08 Å². The van der Waals surface area contributed by atoms with Gasteiger partial charge in [-0.15, -0.1) is 0 Å². The number of nitrogens with zero attached hydrogens (tertiary/aromatic N) is 1. The van der Waals surface area contributed by atoms with Crippen LogP contribution in [0.4, 0.5) is 26.3 Å². The van der Waals surface area contributed by atoms with Crippen LogP contribution in [0.2, 0.25) is 0 Å². The number of aromatic hydroxyl groups is 1. The molecular formula is C16H12F6N2O2. The third-order valence-electron chi connectivity index (χ3n) is 3.56. The number of hydrogen-bond acceptors (Lipinski definition) is 2. The van der Waals surface area contributed by atoms with E-state index in [1.165, 1.54) is 6.92 Å².